The van der Waals surface area contributed by atoms with Crippen LogP contribution in [0.1, 0.15) is 30.0 Å². The number of carbonyl (C=O) groups is 2. The lowest BCUT2D eigenvalue weighted by atomic mass is 10.0. The van der Waals surface area contributed by atoms with E-state index in [9.17, 15) is 18.0 Å². The molecule has 0 aliphatic carbocycles. The predicted octanol–water partition coefficient (Wildman–Crippen LogP) is 6.02. The number of sulfonamides is 1. The molecule has 0 spiro atoms. The van der Waals surface area contributed by atoms with Gasteiger partial charge in [0.15, 0.2) is 0 Å². The van der Waals surface area contributed by atoms with E-state index in [2.05, 4.69) is 5.32 Å². The Morgan fingerprint density at radius 1 is 0.889 bits per heavy atom. The van der Waals surface area contributed by atoms with Crippen molar-refractivity contribution in [1.29, 1.82) is 0 Å². The van der Waals surface area contributed by atoms with Crippen LogP contribution in [-0.2, 0) is 32.6 Å². The number of rotatable bonds is 14. The van der Waals surface area contributed by atoms with Gasteiger partial charge in [-0.15, -0.1) is 0 Å². The molecule has 0 fully saturated rings. The predicted molar refractivity (Wildman–Crippen MR) is 178 cm³/mol. The first kappa shape index (κ1) is 33.6. The molecule has 0 aromatic heterocycles. The molecule has 1 N–H and O–H groups in total. The van der Waals surface area contributed by atoms with E-state index in [4.69, 9.17) is 16.3 Å². The Bertz CT molecular complexity index is 1680. The second-order valence-electron chi connectivity index (χ2n) is 10.6. The molecule has 4 aromatic carbocycles. The summed E-state index contributed by atoms with van der Waals surface area (Å²) in [6.45, 7) is 3.72. The third-order valence-corrected chi connectivity index (χ3v) is 9.32. The number of ether oxygens (including phenoxy) is 1. The fourth-order valence-electron chi connectivity index (χ4n) is 4.91. The number of nitrogens with zero attached hydrogens (tertiary/aromatic N) is 2. The summed E-state index contributed by atoms with van der Waals surface area (Å²) in [7, 11) is -2.88. The lowest BCUT2D eigenvalue weighted by Gasteiger charge is -2.34. The SMILES string of the molecule is CCCNC(=O)[C@@H](Cc1ccccc1)N(Cc1ccccc1)C(=O)CN(c1cc(Cl)ccc1OC)S(=O)(=O)c1ccc(C)cc1. The first-order valence-corrected chi connectivity index (χ1v) is 16.5. The normalized spacial score (nSPS) is 11.8. The Labute approximate surface area is 270 Å². The molecule has 0 unspecified atom stereocenters. The largest absolute Gasteiger partial charge is 0.495 e. The number of anilines is 1. The van der Waals surface area contributed by atoms with Crippen molar-refractivity contribution in [3.05, 3.63) is 125 Å². The number of hydrogen-bond acceptors (Lipinski definition) is 5. The second kappa shape index (κ2) is 15.6. The van der Waals surface area contributed by atoms with Gasteiger partial charge in [0.2, 0.25) is 11.8 Å². The van der Waals surface area contributed by atoms with Gasteiger partial charge < -0.3 is 15.0 Å². The van der Waals surface area contributed by atoms with Gasteiger partial charge in [0.05, 0.1) is 17.7 Å². The average molecular weight is 648 g/mol. The molecule has 4 rings (SSSR count). The number of amides is 2. The van der Waals surface area contributed by atoms with E-state index in [-0.39, 0.29) is 40.2 Å². The maximum Gasteiger partial charge on any atom is 0.264 e. The summed E-state index contributed by atoms with van der Waals surface area (Å²) in [6.07, 6.45) is 0.952. The smallest absolute Gasteiger partial charge is 0.264 e. The third-order valence-electron chi connectivity index (χ3n) is 7.31. The van der Waals surface area contributed by atoms with Gasteiger partial charge in [-0.3, -0.25) is 13.9 Å². The Hall–Kier alpha value is -4.34. The van der Waals surface area contributed by atoms with Gasteiger partial charge in [0.25, 0.3) is 10.0 Å². The van der Waals surface area contributed by atoms with Gasteiger partial charge in [0, 0.05) is 24.5 Å². The topological polar surface area (TPSA) is 96.0 Å². The lowest BCUT2D eigenvalue weighted by molar-refractivity contribution is -0.140. The van der Waals surface area contributed by atoms with Crippen molar-refractivity contribution < 1.29 is 22.7 Å². The molecule has 0 heterocycles. The molecule has 0 saturated carbocycles. The standard InChI is InChI=1S/C35H38ClN3O5S/c1-4-21-37-35(41)32(22-27-11-7-5-8-12-27)38(24-28-13-9-6-10-14-28)34(40)25-39(31-23-29(36)17-20-33(31)44-3)45(42,43)30-18-15-26(2)16-19-30/h5-20,23,32H,4,21-22,24-25H2,1-3H3,(H,37,41)/t32-/m1/s1. The molecule has 4 aromatic rings. The number of carbonyl (C=O) groups excluding carboxylic acids is 2. The van der Waals surface area contributed by atoms with Gasteiger partial charge in [-0.2, -0.15) is 0 Å². The molecule has 0 saturated heterocycles. The zero-order valence-corrected chi connectivity index (χ0v) is 27.2. The van der Waals surface area contributed by atoms with Crippen LogP contribution in [0.15, 0.2) is 108 Å². The summed E-state index contributed by atoms with van der Waals surface area (Å²) in [5.41, 5.74) is 2.64. The molecule has 45 heavy (non-hydrogen) atoms. The van der Waals surface area contributed by atoms with Crippen LogP contribution >= 0.6 is 11.6 Å². The highest BCUT2D eigenvalue weighted by atomic mass is 35.5. The first-order chi connectivity index (χ1) is 21.6. The molecule has 0 bridgehead atoms. The maximum atomic E-state index is 14.5. The molecule has 0 aliphatic heterocycles. The molecular formula is C35H38ClN3O5S. The molecule has 10 heteroatoms. The highest BCUT2D eigenvalue weighted by Crippen LogP contribution is 2.35. The molecule has 2 amide bonds. The highest BCUT2D eigenvalue weighted by molar-refractivity contribution is 7.92. The Balaban J connectivity index is 1.83. The van der Waals surface area contributed by atoms with Crippen LogP contribution in [0.2, 0.25) is 5.02 Å². The summed E-state index contributed by atoms with van der Waals surface area (Å²) in [5.74, 6) is -0.665. The third kappa shape index (κ3) is 8.65. The van der Waals surface area contributed by atoms with Crippen LogP contribution in [-0.4, -0.2) is 51.4 Å². The van der Waals surface area contributed by atoms with Crippen molar-refractivity contribution >= 4 is 39.1 Å². The van der Waals surface area contributed by atoms with Crippen molar-refractivity contribution in [2.45, 2.75) is 44.2 Å². The summed E-state index contributed by atoms with van der Waals surface area (Å²) in [4.78, 5) is 29.7. The van der Waals surface area contributed by atoms with Gasteiger partial charge in [-0.25, -0.2) is 8.42 Å². The van der Waals surface area contributed by atoms with Gasteiger partial charge in [-0.1, -0.05) is 96.9 Å². The van der Waals surface area contributed by atoms with E-state index in [1.807, 2.05) is 74.5 Å². The Kier molecular flexibility index (Phi) is 11.6. The van der Waals surface area contributed by atoms with E-state index in [0.717, 1.165) is 21.0 Å². The van der Waals surface area contributed by atoms with Crippen molar-refractivity contribution in [3.63, 3.8) is 0 Å². The van der Waals surface area contributed by atoms with Crippen LogP contribution in [0.5, 0.6) is 5.75 Å². The molecule has 8 nitrogen and oxygen atoms in total. The van der Waals surface area contributed by atoms with Crippen molar-refractivity contribution in [3.8, 4) is 5.75 Å². The van der Waals surface area contributed by atoms with Crippen LogP contribution < -0.4 is 14.4 Å². The minimum Gasteiger partial charge on any atom is -0.495 e. The summed E-state index contributed by atoms with van der Waals surface area (Å²) < 4.78 is 35.0. The lowest BCUT2D eigenvalue weighted by Crippen LogP contribution is -2.53. The number of hydrogen-bond donors (Lipinski definition) is 1. The minimum absolute atomic E-state index is 0.000868. The molecule has 236 valence electrons. The quantitative estimate of drug-likeness (QED) is 0.181. The number of benzene rings is 4. The first-order valence-electron chi connectivity index (χ1n) is 14.7. The zero-order valence-electron chi connectivity index (χ0n) is 25.6. The molecule has 0 radical (unpaired) electrons. The Morgan fingerprint density at radius 3 is 2.11 bits per heavy atom. The summed E-state index contributed by atoms with van der Waals surface area (Å²) in [5, 5.41) is 3.21. The number of methoxy groups -OCH3 is 1. The summed E-state index contributed by atoms with van der Waals surface area (Å²) >= 11 is 6.35. The van der Waals surface area contributed by atoms with E-state index in [1.165, 1.54) is 30.2 Å². The fraction of sp³-hybridized carbons (Fsp3) is 0.257. The highest BCUT2D eigenvalue weighted by Gasteiger charge is 2.35. The van der Waals surface area contributed by atoms with E-state index in [1.54, 1.807) is 24.3 Å². The van der Waals surface area contributed by atoms with Crippen LogP contribution in [0, 0.1) is 6.92 Å². The molecular weight excluding hydrogens is 610 g/mol. The van der Waals surface area contributed by atoms with Crippen LogP contribution in [0.25, 0.3) is 0 Å². The summed E-state index contributed by atoms with van der Waals surface area (Å²) in [6, 6.07) is 28.8. The monoisotopic (exact) mass is 647 g/mol. The van der Waals surface area contributed by atoms with Crippen LogP contribution in [0.4, 0.5) is 5.69 Å². The van der Waals surface area contributed by atoms with E-state index in [0.29, 0.717) is 13.0 Å². The van der Waals surface area contributed by atoms with Gasteiger partial charge in [-0.05, 0) is 54.8 Å². The Morgan fingerprint density at radius 2 is 1.51 bits per heavy atom. The zero-order chi connectivity index (χ0) is 32.4. The van der Waals surface area contributed by atoms with Gasteiger partial charge in [0.1, 0.15) is 18.3 Å². The average Bonchev–Trinajstić information content (AvgIpc) is 3.05. The molecule has 0 aliphatic rings. The van der Waals surface area contributed by atoms with Crippen molar-refractivity contribution in [2.75, 3.05) is 24.5 Å². The number of aryl methyl sites for hydroxylation is 1. The van der Waals surface area contributed by atoms with Crippen LogP contribution in [0.3, 0.4) is 0 Å². The fourth-order valence-corrected chi connectivity index (χ4v) is 6.49. The minimum atomic E-state index is -4.29. The second-order valence-corrected chi connectivity index (χ2v) is 12.9. The maximum absolute atomic E-state index is 14.5. The number of halogens is 1. The molecule has 1 atom stereocenters. The number of nitrogens with one attached hydrogen (secondary N) is 1. The van der Waals surface area contributed by atoms with E-state index >= 15 is 0 Å². The van der Waals surface area contributed by atoms with E-state index < -0.39 is 28.5 Å². The van der Waals surface area contributed by atoms with Crippen molar-refractivity contribution in [2.24, 2.45) is 0 Å². The van der Waals surface area contributed by atoms with Gasteiger partial charge >= 0.3 is 0 Å². The van der Waals surface area contributed by atoms with Crippen molar-refractivity contribution in [1.82, 2.24) is 10.2 Å².